The third kappa shape index (κ3) is 3.93. The SMILES string of the molecule is c1ccc(-c2ccc(N(c3ccc4sc5ccccc5c4c3)c3ccc4ccc5oc6ccccc6c5c4c3)cc2)cc1. The molecule has 2 heterocycles. The molecule has 202 valence electrons. The van der Waals surface area contributed by atoms with Gasteiger partial charge in [-0.05, 0) is 82.6 Å². The molecule has 9 rings (SSSR count). The first kappa shape index (κ1) is 24.2. The molecule has 0 spiro atoms. The van der Waals surface area contributed by atoms with E-state index in [0.717, 1.165) is 39.0 Å². The van der Waals surface area contributed by atoms with E-state index in [4.69, 9.17) is 4.42 Å². The number of anilines is 3. The molecular weight excluding hydrogens is 543 g/mol. The molecule has 0 bridgehead atoms. The van der Waals surface area contributed by atoms with E-state index < -0.39 is 0 Å². The Morgan fingerprint density at radius 2 is 1.05 bits per heavy atom. The lowest BCUT2D eigenvalue weighted by atomic mass is 10.0. The smallest absolute Gasteiger partial charge is 0.136 e. The Bertz CT molecular complexity index is 2450. The lowest BCUT2D eigenvalue weighted by Crippen LogP contribution is -2.09. The second-order valence-electron chi connectivity index (χ2n) is 11.0. The number of furan rings is 1. The second kappa shape index (κ2) is 9.59. The van der Waals surface area contributed by atoms with Gasteiger partial charge in [0, 0.05) is 48.0 Å². The molecule has 3 heteroatoms. The third-order valence-electron chi connectivity index (χ3n) is 8.45. The number of thiophene rings is 1. The molecule has 2 nitrogen and oxygen atoms in total. The van der Waals surface area contributed by atoms with Crippen LogP contribution in [0.4, 0.5) is 17.1 Å². The number of nitrogens with zero attached hydrogens (tertiary/aromatic N) is 1. The van der Waals surface area contributed by atoms with Gasteiger partial charge in [0.15, 0.2) is 0 Å². The highest BCUT2D eigenvalue weighted by atomic mass is 32.1. The van der Waals surface area contributed by atoms with Gasteiger partial charge in [-0.25, -0.2) is 0 Å². The van der Waals surface area contributed by atoms with Crippen LogP contribution in [0.25, 0.3) is 64.0 Å². The van der Waals surface area contributed by atoms with Crippen molar-refractivity contribution in [2.24, 2.45) is 0 Å². The first-order valence-electron chi connectivity index (χ1n) is 14.5. The van der Waals surface area contributed by atoms with Gasteiger partial charge in [0.2, 0.25) is 0 Å². The van der Waals surface area contributed by atoms with Crippen LogP contribution < -0.4 is 4.90 Å². The predicted octanol–water partition coefficient (Wildman–Crippen LogP) is 12.2. The zero-order valence-corrected chi connectivity index (χ0v) is 24.0. The summed E-state index contributed by atoms with van der Waals surface area (Å²) < 4.78 is 8.87. The molecule has 0 unspecified atom stereocenters. The Hall–Kier alpha value is -5.38. The molecule has 0 radical (unpaired) electrons. The zero-order valence-electron chi connectivity index (χ0n) is 23.2. The summed E-state index contributed by atoms with van der Waals surface area (Å²) >= 11 is 1.85. The fourth-order valence-corrected chi connectivity index (χ4v) is 7.49. The van der Waals surface area contributed by atoms with Gasteiger partial charge in [-0.15, -0.1) is 11.3 Å². The molecule has 0 aliphatic heterocycles. The molecule has 0 amide bonds. The molecule has 0 aliphatic rings. The highest BCUT2D eigenvalue weighted by molar-refractivity contribution is 7.25. The Balaban J connectivity index is 1.28. The van der Waals surface area contributed by atoms with E-state index in [-0.39, 0.29) is 0 Å². The van der Waals surface area contributed by atoms with Crippen LogP contribution >= 0.6 is 11.3 Å². The molecule has 7 aromatic carbocycles. The Labute approximate surface area is 252 Å². The average molecular weight is 568 g/mol. The number of para-hydroxylation sites is 1. The minimum atomic E-state index is 0.913. The van der Waals surface area contributed by atoms with Crippen molar-refractivity contribution in [2.45, 2.75) is 0 Å². The number of rotatable bonds is 4. The Morgan fingerprint density at radius 3 is 1.91 bits per heavy atom. The normalized spacial score (nSPS) is 11.7. The quantitative estimate of drug-likeness (QED) is 0.210. The van der Waals surface area contributed by atoms with Crippen LogP contribution in [0.5, 0.6) is 0 Å². The van der Waals surface area contributed by atoms with Gasteiger partial charge >= 0.3 is 0 Å². The minimum absolute atomic E-state index is 0.913. The summed E-state index contributed by atoms with van der Waals surface area (Å²) in [5.74, 6) is 0. The summed E-state index contributed by atoms with van der Waals surface area (Å²) in [4.78, 5) is 2.38. The molecule has 43 heavy (non-hydrogen) atoms. The molecular formula is C40H25NOS. The first-order valence-corrected chi connectivity index (χ1v) is 15.3. The number of benzene rings is 7. The van der Waals surface area contributed by atoms with Crippen LogP contribution in [0.1, 0.15) is 0 Å². The van der Waals surface area contributed by atoms with Crippen LogP contribution in [-0.2, 0) is 0 Å². The van der Waals surface area contributed by atoms with Gasteiger partial charge in [-0.1, -0.05) is 91.0 Å². The van der Waals surface area contributed by atoms with E-state index in [9.17, 15) is 0 Å². The molecule has 9 aromatic rings. The van der Waals surface area contributed by atoms with Crippen molar-refractivity contribution >= 4 is 81.3 Å². The molecule has 0 fully saturated rings. The fraction of sp³-hybridized carbons (Fsp3) is 0. The van der Waals surface area contributed by atoms with Crippen molar-refractivity contribution < 1.29 is 4.42 Å². The van der Waals surface area contributed by atoms with Gasteiger partial charge in [0.05, 0.1) is 0 Å². The molecule has 2 aromatic heterocycles. The van der Waals surface area contributed by atoms with E-state index in [1.807, 2.05) is 23.5 Å². The van der Waals surface area contributed by atoms with E-state index >= 15 is 0 Å². The monoisotopic (exact) mass is 567 g/mol. The fourth-order valence-electron chi connectivity index (χ4n) is 6.40. The van der Waals surface area contributed by atoms with Gasteiger partial charge in [0.25, 0.3) is 0 Å². The lowest BCUT2D eigenvalue weighted by Gasteiger charge is -2.26. The maximum absolute atomic E-state index is 6.25. The molecule has 0 N–H and O–H groups in total. The van der Waals surface area contributed by atoms with Crippen LogP contribution in [0.15, 0.2) is 156 Å². The van der Waals surface area contributed by atoms with Crippen LogP contribution in [0.3, 0.4) is 0 Å². The summed E-state index contributed by atoms with van der Waals surface area (Å²) in [6, 6.07) is 54.4. The van der Waals surface area contributed by atoms with E-state index in [1.165, 1.54) is 42.1 Å². The van der Waals surface area contributed by atoms with Crippen molar-refractivity contribution in [1.29, 1.82) is 0 Å². The highest BCUT2D eigenvalue weighted by Crippen LogP contribution is 2.43. The van der Waals surface area contributed by atoms with Crippen molar-refractivity contribution in [1.82, 2.24) is 0 Å². The summed E-state index contributed by atoms with van der Waals surface area (Å²) in [5.41, 5.74) is 7.60. The largest absolute Gasteiger partial charge is 0.456 e. The van der Waals surface area contributed by atoms with Crippen molar-refractivity contribution in [3.63, 3.8) is 0 Å². The Kier molecular flexibility index (Phi) is 5.40. The molecule has 0 saturated carbocycles. The van der Waals surface area contributed by atoms with Gasteiger partial charge < -0.3 is 9.32 Å². The number of hydrogen-bond donors (Lipinski definition) is 0. The minimum Gasteiger partial charge on any atom is -0.456 e. The first-order chi connectivity index (χ1) is 21.3. The summed E-state index contributed by atoms with van der Waals surface area (Å²) in [7, 11) is 0. The second-order valence-corrected chi connectivity index (χ2v) is 12.1. The summed E-state index contributed by atoms with van der Waals surface area (Å²) in [5, 5.41) is 7.27. The van der Waals surface area contributed by atoms with Gasteiger partial charge in [0.1, 0.15) is 11.2 Å². The molecule has 0 atom stereocenters. The third-order valence-corrected chi connectivity index (χ3v) is 9.60. The van der Waals surface area contributed by atoms with Crippen LogP contribution in [0, 0.1) is 0 Å². The summed E-state index contributed by atoms with van der Waals surface area (Å²) in [6.07, 6.45) is 0. The average Bonchev–Trinajstić information content (AvgIpc) is 3.64. The molecule has 0 saturated heterocycles. The maximum Gasteiger partial charge on any atom is 0.136 e. The summed E-state index contributed by atoms with van der Waals surface area (Å²) in [6.45, 7) is 0. The van der Waals surface area contributed by atoms with E-state index in [2.05, 4.69) is 144 Å². The Morgan fingerprint density at radius 1 is 0.419 bits per heavy atom. The standard InChI is InChI=1S/C40H25NOS/c1-2-8-26(9-3-1)27-14-18-29(19-15-27)41(31-21-23-39-35(25-31)32-10-5-7-13-38(32)43-39)30-20-16-28-17-22-37-40(34(28)24-30)33-11-4-6-12-36(33)42-37/h1-25H. The van der Waals surface area contributed by atoms with Crippen molar-refractivity contribution in [2.75, 3.05) is 4.90 Å². The van der Waals surface area contributed by atoms with Crippen molar-refractivity contribution in [3.05, 3.63) is 152 Å². The number of fused-ring (bicyclic) bond motifs is 8. The number of hydrogen-bond acceptors (Lipinski definition) is 3. The highest BCUT2D eigenvalue weighted by Gasteiger charge is 2.17. The topological polar surface area (TPSA) is 16.4 Å². The predicted molar refractivity (Wildman–Crippen MR) is 184 cm³/mol. The van der Waals surface area contributed by atoms with Crippen LogP contribution in [-0.4, -0.2) is 0 Å². The van der Waals surface area contributed by atoms with Gasteiger partial charge in [-0.3, -0.25) is 0 Å². The lowest BCUT2D eigenvalue weighted by molar-refractivity contribution is 0.669. The maximum atomic E-state index is 6.25. The zero-order chi connectivity index (χ0) is 28.3. The molecule has 0 aliphatic carbocycles. The van der Waals surface area contributed by atoms with Crippen molar-refractivity contribution in [3.8, 4) is 11.1 Å². The van der Waals surface area contributed by atoms with E-state index in [0.29, 0.717) is 0 Å². The van der Waals surface area contributed by atoms with Crippen LogP contribution in [0.2, 0.25) is 0 Å². The van der Waals surface area contributed by atoms with Gasteiger partial charge in [-0.2, -0.15) is 0 Å². The van der Waals surface area contributed by atoms with E-state index in [1.54, 1.807) is 0 Å².